The fourth-order valence-electron chi connectivity index (χ4n) is 2.46. The first-order valence-electron chi connectivity index (χ1n) is 6.75. The highest BCUT2D eigenvalue weighted by Crippen LogP contribution is 2.34. The van der Waals surface area contributed by atoms with Crippen LogP contribution >= 0.6 is 11.3 Å². The van der Waals surface area contributed by atoms with Gasteiger partial charge in [0.15, 0.2) is 5.13 Å². The van der Waals surface area contributed by atoms with E-state index in [0.717, 1.165) is 5.69 Å². The minimum atomic E-state index is -0.192. The van der Waals surface area contributed by atoms with Crippen LogP contribution in [0.15, 0.2) is 54.6 Å². The van der Waals surface area contributed by atoms with Gasteiger partial charge in [-0.25, -0.2) is 4.98 Å². The lowest BCUT2D eigenvalue weighted by Gasteiger charge is -2.11. The Labute approximate surface area is 130 Å². The number of thiazole rings is 1. The number of carbonyl (C=O) groups is 2. The second-order valence-electron chi connectivity index (χ2n) is 4.89. The van der Waals surface area contributed by atoms with Crippen molar-refractivity contribution in [1.82, 2.24) is 4.98 Å². The molecule has 2 aromatic carbocycles. The number of nitrogens with zero attached hydrogens (tertiary/aromatic N) is 1. The molecule has 5 heteroatoms. The average molecular weight is 306 g/mol. The van der Waals surface area contributed by atoms with Crippen LogP contribution in [0.2, 0.25) is 0 Å². The van der Waals surface area contributed by atoms with E-state index in [4.69, 9.17) is 0 Å². The number of ketones is 2. The van der Waals surface area contributed by atoms with Crippen molar-refractivity contribution < 1.29 is 9.59 Å². The summed E-state index contributed by atoms with van der Waals surface area (Å²) in [6.45, 7) is 0. The van der Waals surface area contributed by atoms with Crippen molar-refractivity contribution in [2.75, 3.05) is 5.32 Å². The summed E-state index contributed by atoms with van der Waals surface area (Å²) < 4.78 is 0. The summed E-state index contributed by atoms with van der Waals surface area (Å²) in [6.07, 6.45) is 0. The monoisotopic (exact) mass is 306 g/mol. The molecule has 1 aliphatic rings. The van der Waals surface area contributed by atoms with Crippen LogP contribution in [0.4, 0.5) is 10.8 Å². The largest absolute Gasteiger partial charge is 0.332 e. The van der Waals surface area contributed by atoms with E-state index in [-0.39, 0.29) is 17.3 Å². The molecule has 3 aromatic rings. The van der Waals surface area contributed by atoms with E-state index >= 15 is 0 Å². The number of para-hydroxylation sites is 1. The van der Waals surface area contributed by atoms with Crippen molar-refractivity contribution in [2.24, 2.45) is 0 Å². The maximum absolute atomic E-state index is 12.5. The fraction of sp³-hybridized carbons (Fsp3) is 0. The first-order chi connectivity index (χ1) is 10.7. The lowest BCUT2D eigenvalue weighted by molar-refractivity contribution is 0.0979. The first kappa shape index (κ1) is 12.9. The molecular formula is C17H10N2O2S. The van der Waals surface area contributed by atoms with Gasteiger partial charge in [0.05, 0.1) is 0 Å². The van der Waals surface area contributed by atoms with Crippen LogP contribution in [-0.2, 0) is 0 Å². The smallest absolute Gasteiger partial charge is 0.213 e. The molecule has 0 bridgehead atoms. The molecule has 1 aromatic heterocycles. The summed E-state index contributed by atoms with van der Waals surface area (Å²) in [6, 6.07) is 16.4. The van der Waals surface area contributed by atoms with Crippen molar-refractivity contribution in [3.63, 3.8) is 0 Å². The first-order valence-corrected chi connectivity index (χ1v) is 7.57. The Bertz CT molecular complexity index is 848. The van der Waals surface area contributed by atoms with Gasteiger partial charge in [0.25, 0.3) is 0 Å². The van der Waals surface area contributed by atoms with Crippen LogP contribution in [0.5, 0.6) is 0 Å². The molecule has 0 unspecified atom stereocenters. The Morgan fingerprint density at radius 1 is 0.818 bits per heavy atom. The van der Waals surface area contributed by atoms with E-state index in [9.17, 15) is 9.59 Å². The summed E-state index contributed by atoms with van der Waals surface area (Å²) in [4.78, 5) is 29.7. The molecule has 0 aliphatic heterocycles. The van der Waals surface area contributed by atoms with Crippen molar-refractivity contribution in [2.45, 2.75) is 0 Å². The van der Waals surface area contributed by atoms with Crippen LogP contribution in [0.3, 0.4) is 0 Å². The molecule has 22 heavy (non-hydrogen) atoms. The summed E-state index contributed by atoms with van der Waals surface area (Å²) in [5, 5.41) is 3.68. The number of rotatable bonds is 2. The fourth-order valence-corrected chi connectivity index (χ4v) is 3.39. The molecule has 0 radical (unpaired) electrons. The molecule has 106 valence electrons. The quantitative estimate of drug-likeness (QED) is 0.614. The molecule has 1 heterocycles. The number of anilines is 2. The molecule has 4 nitrogen and oxygen atoms in total. The predicted octanol–water partition coefficient (Wildman–Crippen LogP) is 3.66. The van der Waals surface area contributed by atoms with E-state index in [1.807, 2.05) is 30.3 Å². The molecule has 0 saturated heterocycles. The number of hydrogen-bond donors (Lipinski definition) is 1. The van der Waals surface area contributed by atoms with Gasteiger partial charge in [-0.15, -0.1) is 0 Å². The Morgan fingerprint density at radius 3 is 2.18 bits per heavy atom. The topological polar surface area (TPSA) is 59.1 Å². The maximum Gasteiger partial charge on any atom is 0.213 e. The molecular weight excluding hydrogens is 296 g/mol. The minimum Gasteiger partial charge on any atom is -0.332 e. The van der Waals surface area contributed by atoms with Gasteiger partial charge in [0.2, 0.25) is 11.6 Å². The van der Waals surface area contributed by atoms with Crippen LogP contribution in [0, 0.1) is 0 Å². The van der Waals surface area contributed by atoms with Crippen molar-refractivity contribution >= 4 is 33.7 Å². The Kier molecular flexibility index (Phi) is 2.87. The summed E-state index contributed by atoms with van der Waals surface area (Å²) in [7, 11) is 0. The van der Waals surface area contributed by atoms with Gasteiger partial charge in [0.1, 0.15) is 10.6 Å². The van der Waals surface area contributed by atoms with E-state index in [2.05, 4.69) is 10.3 Å². The third-order valence-electron chi connectivity index (χ3n) is 3.49. The Hall–Kier alpha value is -2.79. The third-order valence-corrected chi connectivity index (χ3v) is 4.46. The van der Waals surface area contributed by atoms with Crippen LogP contribution < -0.4 is 5.32 Å². The summed E-state index contributed by atoms with van der Waals surface area (Å²) in [5.74, 6) is -0.327. The van der Waals surface area contributed by atoms with Gasteiger partial charge in [-0.3, -0.25) is 9.59 Å². The van der Waals surface area contributed by atoms with Crippen molar-refractivity contribution in [3.05, 3.63) is 76.3 Å². The maximum atomic E-state index is 12.5. The highest BCUT2D eigenvalue weighted by molar-refractivity contribution is 7.18. The highest BCUT2D eigenvalue weighted by Gasteiger charge is 2.33. The second-order valence-corrected chi connectivity index (χ2v) is 5.89. The van der Waals surface area contributed by atoms with Crippen LogP contribution in [-0.4, -0.2) is 16.6 Å². The van der Waals surface area contributed by atoms with Gasteiger partial charge in [0, 0.05) is 16.8 Å². The van der Waals surface area contributed by atoms with E-state index in [1.54, 1.807) is 24.3 Å². The SMILES string of the molecule is O=C1c2ccccc2C(=O)c2sc(Nc3ccccc3)nc21. The van der Waals surface area contributed by atoms with Crippen LogP contribution in [0.25, 0.3) is 0 Å². The zero-order valence-electron chi connectivity index (χ0n) is 11.4. The molecule has 1 N–H and O–H groups in total. The normalized spacial score (nSPS) is 12.7. The molecule has 0 saturated carbocycles. The van der Waals surface area contributed by atoms with E-state index < -0.39 is 0 Å². The van der Waals surface area contributed by atoms with Gasteiger partial charge >= 0.3 is 0 Å². The standard InChI is InChI=1S/C17H10N2O2S/c20-14-11-8-4-5-9-12(11)15(21)16-13(14)19-17(22-16)18-10-6-2-1-3-7-10/h1-9H,(H,18,19). The molecule has 1 aliphatic carbocycles. The zero-order valence-corrected chi connectivity index (χ0v) is 12.2. The molecule has 0 atom stereocenters. The lowest BCUT2D eigenvalue weighted by Crippen LogP contribution is -2.19. The Balaban J connectivity index is 1.77. The zero-order chi connectivity index (χ0) is 15.1. The number of hydrogen-bond acceptors (Lipinski definition) is 5. The number of benzene rings is 2. The van der Waals surface area contributed by atoms with Crippen molar-refractivity contribution in [1.29, 1.82) is 0 Å². The van der Waals surface area contributed by atoms with Gasteiger partial charge < -0.3 is 5.32 Å². The summed E-state index contributed by atoms with van der Waals surface area (Å²) >= 11 is 1.21. The van der Waals surface area contributed by atoms with Gasteiger partial charge in [-0.1, -0.05) is 53.8 Å². The lowest BCUT2D eigenvalue weighted by atomic mass is 9.91. The minimum absolute atomic E-state index is 0.135. The third kappa shape index (κ3) is 1.95. The number of nitrogens with one attached hydrogen (secondary N) is 1. The van der Waals surface area contributed by atoms with E-state index in [1.165, 1.54) is 11.3 Å². The summed E-state index contributed by atoms with van der Waals surface area (Å²) in [5.41, 5.74) is 1.99. The molecule has 0 amide bonds. The van der Waals surface area contributed by atoms with Gasteiger partial charge in [-0.05, 0) is 12.1 Å². The molecule has 4 rings (SSSR count). The number of fused-ring (bicyclic) bond motifs is 2. The predicted molar refractivity (Wildman–Crippen MR) is 85.1 cm³/mol. The van der Waals surface area contributed by atoms with Crippen LogP contribution in [0.1, 0.15) is 31.3 Å². The molecule has 0 spiro atoms. The molecule has 0 fully saturated rings. The van der Waals surface area contributed by atoms with E-state index in [0.29, 0.717) is 21.1 Å². The highest BCUT2D eigenvalue weighted by atomic mass is 32.1. The number of aromatic nitrogens is 1. The Morgan fingerprint density at radius 2 is 1.45 bits per heavy atom. The van der Waals surface area contributed by atoms with Gasteiger partial charge in [-0.2, -0.15) is 0 Å². The number of carbonyl (C=O) groups excluding carboxylic acids is 2. The second kappa shape index (κ2) is 4.89. The average Bonchev–Trinajstić information content (AvgIpc) is 2.98. The van der Waals surface area contributed by atoms with Crippen molar-refractivity contribution in [3.8, 4) is 0 Å².